The van der Waals surface area contributed by atoms with Gasteiger partial charge in [0.2, 0.25) is 94.5 Å². The van der Waals surface area contributed by atoms with E-state index in [0.717, 1.165) is 11.8 Å². The summed E-state index contributed by atoms with van der Waals surface area (Å²) in [6.07, 6.45) is 4.04. The average molecular weight is 1600 g/mol. The van der Waals surface area contributed by atoms with Crippen molar-refractivity contribution in [1.82, 2.24) is 94.3 Å². The van der Waals surface area contributed by atoms with E-state index in [1.807, 2.05) is 20.1 Å². The molecule has 0 aliphatic rings. The Hall–Kier alpha value is -10.5. The minimum atomic E-state index is -1.87. The van der Waals surface area contributed by atoms with Crippen molar-refractivity contribution in [2.75, 3.05) is 96.9 Å². The number of aromatic amines is 2. The maximum Gasteiger partial charge on any atom is 0.305 e. The molecule has 0 saturated carbocycles. The Morgan fingerprint density at radius 2 is 1.17 bits per heavy atom. The molecule has 0 radical (unpaired) electrons. The van der Waals surface area contributed by atoms with Crippen molar-refractivity contribution in [2.24, 2.45) is 23.3 Å². The third kappa shape index (κ3) is 37.2. The summed E-state index contributed by atoms with van der Waals surface area (Å²) in [5.41, 5.74) is 12.5. The van der Waals surface area contributed by atoms with Gasteiger partial charge in [0, 0.05) is 67.5 Å². The molecular formula is C68H106N20O21S2. The number of primary amides is 2. The number of nitrogens with two attached hydrogens (primary N) is 2. The number of aliphatic hydroxyl groups excluding tert-OH is 1. The maximum absolute atomic E-state index is 14.4. The zero-order valence-electron chi connectivity index (χ0n) is 63.4. The fourth-order valence-corrected chi connectivity index (χ4v) is 11.6. The number of carbonyl (C=O) groups excluding carboxylic acids is 16. The molecule has 2 aromatic heterocycles. The smallest absolute Gasteiger partial charge is 0.305 e. The van der Waals surface area contributed by atoms with Gasteiger partial charge >= 0.3 is 5.97 Å². The van der Waals surface area contributed by atoms with E-state index in [-0.39, 0.29) is 82.0 Å². The number of nitrogens with zero attached hydrogens (tertiary/aromatic N) is 2. The predicted molar refractivity (Wildman–Crippen MR) is 404 cm³/mol. The van der Waals surface area contributed by atoms with E-state index in [4.69, 9.17) is 20.9 Å². The molecule has 41 nitrogen and oxygen atoms in total. The molecule has 0 saturated heterocycles. The highest BCUT2D eigenvalue weighted by Gasteiger charge is 2.36. The Morgan fingerprint density at radius 3 is 1.80 bits per heavy atom. The molecule has 0 bridgehead atoms. The van der Waals surface area contributed by atoms with Gasteiger partial charge in [-0.05, 0) is 75.8 Å². The summed E-state index contributed by atoms with van der Waals surface area (Å²) in [6, 6.07) is -7.25. The van der Waals surface area contributed by atoms with Gasteiger partial charge in [0.05, 0.1) is 64.7 Å². The highest BCUT2D eigenvalue weighted by Crippen LogP contribution is 2.20. The molecule has 0 aliphatic heterocycles. The molecule has 0 unspecified atom stereocenters. The molecule has 0 aliphatic carbocycles. The van der Waals surface area contributed by atoms with Crippen LogP contribution in [0, 0.1) is 11.8 Å². The van der Waals surface area contributed by atoms with Gasteiger partial charge in [-0.3, -0.25) is 81.5 Å². The van der Waals surface area contributed by atoms with Crippen LogP contribution in [0.5, 0.6) is 0 Å². The number of hydrogen-bond donors (Lipinski definition) is 20. The summed E-state index contributed by atoms with van der Waals surface area (Å²) < 4.78 is 10.8. The second-order valence-corrected chi connectivity index (χ2v) is 28.5. The molecule has 1 aromatic carbocycles. The third-order valence-corrected chi connectivity index (χ3v) is 17.5. The Bertz CT molecular complexity index is 3640. The summed E-state index contributed by atoms with van der Waals surface area (Å²) in [7, 11) is 3.23. The van der Waals surface area contributed by atoms with E-state index >= 15 is 0 Å². The van der Waals surface area contributed by atoms with Crippen LogP contribution in [-0.4, -0.2) is 288 Å². The quantitative estimate of drug-likeness (QED) is 0.0184. The van der Waals surface area contributed by atoms with Crippen LogP contribution >= 0.6 is 23.5 Å². The Labute approximate surface area is 649 Å². The summed E-state index contributed by atoms with van der Waals surface area (Å²) in [5, 5.41) is 54.9. The number of thioether (sulfide) groups is 2. The van der Waals surface area contributed by atoms with Crippen LogP contribution in [0.1, 0.15) is 84.9 Å². The van der Waals surface area contributed by atoms with Crippen molar-refractivity contribution in [3.05, 3.63) is 54.2 Å². The number of hydrogen-bond acceptors (Lipinski definition) is 24. The lowest BCUT2D eigenvalue weighted by atomic mass is 10.0. The van der Waals surface area contributed by atoms with Gasteiger partial charge < -0.3 is 120 Å². The minimum absolute atomic E-state index is 0.0700. The Morgan fingerprint density at radius 1 is 0.586 bits per heavy atom. The van der Waals surface area contributed by atoms with E-state index in [1.165, 1.54) is 43.0 Å². The first-order valence-corrected chi connectivity index (χ1v) is 37.9. The molecule has 3 rings (SSSR count). The number of ether oxygens (including phenoxy) is 2. The summed E-state index contributed by atoms with van der Waals surface area (Å²) in [6.45, 7) is 5.87. The zero-order valence-corrected chi connectivity index (χ0v) is 65.1. The summed E-state index contributed by atoms with van der Waals surface area (Å²) >= 11 is 2.50. The molecule has 22 N–H and O–H groups in total. The lowest BCUT2D eigenvalue weighted by Crippen LogP contribution is -2.60. The monoisotopic (exact) mass is 1600 g/mol. The maximum atomic E-state index is 14.4. The van der Waals surface area contributed by atoms with E-state index in [0.29, 0.717) is 27.9 Å². The molecule has 16 amide bonds. The largest absolute Gasteiger partial charge is 0.481 e. The van der Waals surface area contributed by atoms with E-state index in [9.17, 15) is 91.7 Å². The SMILES string of the molecule is CSCC[C@H](NC(=O)[C@H](CC(C)C)NC(=O)[C@H](Cc1cnc[nH]1)NC(=O)CNC(=O)[C@@H](NC(=O)[C@H](C)NC(=O)[C@H](Cc1c[nH]c2ccccc12)NC(=O)[C@H](CCC(N)=O)NC(=O)[C@H](CC(=O)O)NC(=O)COCCOCCNC(=O)CNC(=O)[C@H](CSCNC(C)=O)NC(=O)[C@H](CO)NC(=O)CN(C)C)C(C)C)C(N)=O. The topological polar surface area (TPSA) is 617 Å². The first-order chi connectivity index (χ1) is 52.5. The molecule has 10 atom stereocenters. The normalized spacial score (nSPS) is 13.8. The number of likely N-dealkylation sites (N-methyl/N-ethyl adjacent to an activating group) is 1. The number of para-hydroxylation sites is 1. The number of carboxylic acids is 1. The van der Waals surface area contributed by atoms with Gasteiger partial charge in [-0.2, -0.15) is 11.8 Å². The molecule has 0 fully saturated rings. The summed E-state index contributed by atoms with van der Waals surface area (Å²) in [5.74, 6) is -15.2. The second kappa shape index (κ2) is 50.3. The number of aliphatic hydroxyl groups is 1. The molecule has 0 spiro atoms. The molecule has 43 heteroatoms. The van der Waals surface area contributed by atoms with Crippen molar-refractivity contribution < 1.29 is 101 Å². The molecule has 3 aromatic rings. The average Bonchev–Trinajstić information content (AvgIpc) is 1.71. The van der Waals surface area contributed by atoms with Crippen molar-refractivity contribution in [2.45, 2.75) is 147 Å². The number of aliphatic carboxylic acids is 1. The number of H-pyrrole nitrogens is 2. The van der Waals surface area contributed by atoms with Gasteiger partial charge in [0.15, 0.2) is 0 Å². The van der Waals surface area contributed by atoms with Crippen LogP contribution in [-0.2, 0) is 104 Å². The van der Waals surface area contributed by atoms with Gasteiger partial charge in [0.25, 0.3) is 0 Å². The highest BCUT2D eigenvalue weighted by molar-refractivity contribution is 7.99. The van der Waals surface area contributed by atoms with Gasteiger partial charge in [-0.15, -0.1) is 11.8 Å². The standard InChI is InChI=1S/C68H106N20O21S2/c1-36(2)22-46(64(103)82-44(59(70)98)16-21-110-9)84-65(104)48(24-41-27-71-34-76-41)79-54(93)29-75-68(107)58(37(3)4)87-60(99)38(5)78-63(102)47(23-40-26-73-43-13-11-10-12-42(40)43)85-62(101)45(14-15-52(69)91)83-66(105)49(25-57(96)97)80-56(95)32-109-20-19-108-18-17-72-53(92)28-74-61(100)51(33-111-35-77-39(6)90)86-67(106)50(31-89)81-55(94)30-88(7)8/h10-13,26-27,34,36-38,44-51,58,73,89H,14-25,28-33,35H2,1-9H3,(H2,69,91)(H2,70,98)(H,71,76)(H,72,92)(H,74,100)(H,75,107)(H,77,90)(H,78,102)(H,79,93)(H,80,95)(H,81,94)(H,82,103)(H,83,105)(H,84,104)(H,85,101)(H,86,106)(H,87,99)(H,96,97)/t38-,44-,45-,46-,47-,48-,49-,50-,51-,58-/m0/s1. The minimum Gasteiger partial charge on any atom is -0.481 e. The highest BCUT2D eigenvalue weighted by atomic mass is 32.2. The van der Waals surface area contributed by atoms with Gasteiger partial charge in [0.1, 0.15) is 67.0 Å². The van der Waals surface area contributed by atoms with E-state index in [1.54, 1.807) is 58.4 Å². The second-order valence-electron chi connectivity index (χ2n) is 26.5. The molecule has 616 valence electrons. The lowest BCUT2D eigenvalue weighted by molar-refractivity contribution is -0.141. The fraction of sp³-hybridized carbons (Fsp3) is 0.588. The first-order valence-electron chi connectivity index (χ1n) is 35.4. The Balaban J connectivity index is 1.66. The van der Waals surface area contributed by atoms with Crippen LogP contribution in [0.4, 0.5) is 0 Å². The number of aromatic nitrogens is 3. The van der Waals surface area contributed by atoms with Crippen LogP contribution in [0.2, 0.25) is 0 Å². The van der Waals surface area contributed by atoms with Crippen molar-refractivity contribution in [3.63, 3.8) is 0 Å². The van der Waals surface area contributed by atoms with Crippen LogP contribution < -0.4 is 85.9 Å². The number of carboxylic acid groups (broad SMARTS) is 1. The Kier molecular flexibility index (Phi) is 42.9. The van der Waals surface area contributed by atoms with Crippen LogP contribution in [0.25, 0.3) is 10.9 Å². The predicted octanol–water partition coefficient (Wildman–Crippen LogP) is -7.01. The fourth-order valence-electron chi connectivity index (χ4n) is 10.3. The number of carbonyl (C=O) groups is 17. The van der Waals surface area contributed by atoms with Crippen LogP contribution in [0.3, 0.4) is 0 Å². The number of benzene rings is 1. The van der Waals surface area contributed by atoms with Crippen molar-refractivity contribution in [3.8, 4) is 0 Å². The van der Waals surface area contributed by atoms with Crippen LogP contribution in [0.15, 0.2) is 43.0 Å². The third-order valence-electron chi connectivity index (χ3n) is 16.0. The number of fused-ring (bicyclic) bond motifs is 1. The zero-order chi connectivity index (χ0) is 82.9. The number of nitrogens with one attached hydrogen (secondary N) is 16. The van der Waals surface area contributed by atoms with Gasteiger partial charge in [-0.25, -0.2) is 4.98 Å². The molecule has 111 heavy (non-hydrogen) atoms. The lowest BCUT2D eigenvalue weighted by Gasteiger charge is -2.27. The molecular weight excluding hydrogens is 1500 g/mol. The molecule has 2 heterocycles. The van der Waals surface area contributed by atoms with Crippen molar-refractivity contribution in [1.29, 1.82) is 0 Å². The number of amides is 16. The van der Waals surface area contributed by atoms with Crippen molar-refractivity contribution >= 4 is 135 Å². The van der Waals surface area contributed by atoms with E-state index < -0.39 is 206 Å². The van der Waals surface area contributed by atoms with Gasteiger partial charge in [-0.1, -0.05) is 45.9 Å². The number of imidazole rings is 1. The first kappa shape index (κ1) is 94.7. The van der Waals surface area contributed by atoms with E-state index in [2.05, 4.69) is 89.4 Å². The summed E-state index contributed by atoms with van der Waals surface area (Å²) in [4.78, 5) is 235. The number of rotatable bonds is 54.